The monoisotopic (exact) mass is 177 g/mol. The lowest BCUT2D eigenvalue weighted by Gasteiger charge is -1.96. The molecule has 0 bridgehead atoms. The zero-order valence-corrected chi connectivity index (χ0v) is 7.32. The van der Waals surface area contributed by atoms with Crippen molar-refractivity contribution in [3.63, 3.8) is 0 Å². The van der Waals surface area contributed by atoms with Crippen molar-refractivity contribution in [1.29, 1.82) is 0 Å². The third kappa shape index (κ3) is 1.27. The van der Waals surface area contributed by atoms with Crippen molar-refractivity contribution < 1.29 is 9.52 Å². The number of phenolic OH excluding ortho intramolecular Hbond substituents is 1. The summed E-state index contributed by atoms with van der Waals surface area (Å²) in [4.78, 5) is 0. The molecule has 3 N–H and O–H groups in total. The van der Waals surface area contributed by atoms with Crippen LogP contribution in [0.3, 0.4) is 0 Å². The molecule has 3 heteroatoms. The van der Waals surface area contributed by atoms with Gasteiger partial charge in [0.05, 0.1) is 6.04 Å². The third-order valence-electron chi connectivity index (χ3n) is 1.99. The van der Waals surface area contributed by atoms with Gasteiger partial charge in [-0.2, -0.15) is 0 Å². The molecule has 1 aromatic carbocycles. The lowest BCUT2D eigenvalue weighted by Crippen LogP contribution is -2.02. The minimum absolute atomic E-state index is 0.146. The second kappa shape index (κ2) is 2.78. The standard InChI is InChI=1S/C10H11NO2/c1-6(11)9-5-7-3-2-4-8(12)10(7)13-9/h2-6,12H,11H2,1H3. The van der Waals surface area contributed by atoms with E-state index in [0.29, 0.717) is 11.3 Å². The molecule has 13 heavy (non-hydrogen) atoms. The van der Waals surface area contributed by atoms with Gasteiger partial charge in [-0.3, -0.25) is 0 Å². The number of phenols is 1. The van der Waals surface area contributed by atoms with E-state index < -0.39 is 0 Å². The zero-order chi connectivity index (χ0) is 9.42. The first-order valence-electron chi connectivity index (χ1n) is 4.15. The van der Waals surface area contributed by atoms with Crippen LogP contribution in [0.4, 0.5) is 0 Å². The summed E-state index contributed by atoms with van der Waals surface area (Å²) in [6, 6.07) is 6.95. The van der Waals surface area contributed by atoms with E-state index in [2.05, 4.69) is 0 Å². The smallest absolute Gasteiger partial charge is 0.175 e. The molecule has 1 aromatic heterocycles. The van der Waals surface area contributed by atoms with Crippen LogP contribution in [-0.2, 0) is 0 Å². The summed E-state index contributed by atoms with van der Waals surface area (Å²) in [5, 5.41) is 10.3. The van der Waals surface area contributed by atoms with Gasteiger partial charge in [-0.05, 0) is 19.1 Å². The maximum atomic E-state index is 9.43. The van der Waals surface area contributed by atoms with Gasteiger partial charge in [0.1, 0.15) is 5.76 Å². The van der Waals surface area contributed by atoms with Crippen molar-refractivity contribution in [2.45, 2.75) is 13.0 Å². The molecule has 0 aliphatic rings. The minimum Gasteiger partial charge on any atom is -0.504 e. The van der Waals surface area contributed by atoms with Gasteiger partial charge in [-0.15, -0.1) is 0 Å². The van der Waals surface area contributed by atoms with E-state index in [0.717, 1.165) is 5.39 Å². The topological polar surface area (TPSA) is 59.4 Å². The van der Waals surface area contributed by atoms with Crippen LogP contribution < -0.4 is 5.73 Å². The van der Waals surface area contributed by atoms with Gasteiger partial charge >= 0.3 is 0 Å². The van der Waals surface area contributed by atoms with E-state index in [1.807, 2.05) is 19.1 Å². The Hall–Kier alpha value is -1.48. The molecule has 0 aliphatic carbocycles. The lowest BCUT2D eigenvalue weighted by atomic mass is 10.2. The summed E-state index contributed by atoms with van der Waals surface area (Å²) in [7, 11) is 0. The summed E-state index contributed by atoms with van der Waals surface area (Å²) < 4.78 is 5.39. The number of nitrogens with two attached hydrogens (primary N) is 1. The maximum Gasteiger partial charge on any atom is 0.175 e. The molecule has 1 atom stereocenters. The number of para-hydroxylation sites is 1. The zero-order valence-electron chi connectivity index (χ0n) is 7.32. The number of fused-ring (bicyclic) bond motifs is 1. The van der Waals surface area contributed by atoms with Crippen LogP contribution in [0.15, 0.2) is 28.7 Å². The third-order valence-corrected chi connectivity index (χ3v) is 1.99. The normalized spacial score (nSPS) is 13.4. The molecule has 0 saturated heterocycles. The van der Waals surface area contributed by atoms with Gasteiger partial charge in [0.25, 0.3) is 0 Å². The van der Waals surface area contributed by atoms with Crippen molar-refractivity contribution in [2.24, 2.45) is 5.73 Å². The van der Waals surface area contributed by atoms with Crippen LogP contribution in [0.5, 0.6) is 5.75 Å². The van der Waals surface area contributed by atoms with Crippen LogP contribution >= 0.6 is 0 Å². The summed E-state index contributed by atoms with van der Waals surface area (Å²) in [5.41, 5.74) is 6.16. The number of benzene rings is 1. The predicted molar refractivity (Wildman–Crippen MR) is 50.5 cm³/mol. The van der Waals surface area contributed by atoms with Gasteiger partial charge in [0.15, 0.2) is 11.3 Å². The van der Waals surface area contributed by atoms with Gasteiger partial charge in [-0.1, -0.05) is 12.1 Å². The molecule has 0 spiro atoms. The molecular formula is C10H11NO2. The van der Waals surface area contributed by atoms with Crippen molar-refractivity contribution in [2.75, 3.05) is 0 Å². The lowest BCUT2D eigenvalue weighted by molar-refractivity contribution is 0.451. The van der Waals surface area contributed by atoms with Gasteiger partial charge in [-0.25, -0.2) is 0 Å². The highest BCUT2D eigenvalue weighted by Crippen LogP contribution is 2.29. The first-order valence-corrected chi connectivity index (χ1v) is 4.15. The van der Waals surface area contributed by atoms with Crippen molar-refractivity contribution >= 4 is 11.0 Å². The molecule has 0 amide bonds. The molecule has 2 rings (SSSR count). The molecule has 3 nitrogen and oxygen atoms in total. The number of furan rings is 1. The molecule has 0 radical (unpaired) electrons. The Morgan fingerprint density at radius 2 is 2.23 bits per heavy atom. The fourth-order valence-corrected chi connectivity index (χ4v) is 1.29. The van der Waals surface area contributed by atoms with E-state index in [4.69, 9.17) is 10.2 Å². The second-order valence-electron chi connectivity index (χ2n) is 3.13. The van der Waals surface area contributed by atoms with E-state index in [1.165, 1.54) is 0 Å². The van der Waals surface area contributed by atoms with Crippen LogP contribution in [0, 0.1) is 0 Å². The Morgan fingerprint density at radius 1 is 1.46 bits per heavy atom. The van der Waals surface area contributed by atoms with Crippen LogP contribution in [0.1, 0.15) is 18.7 Å². The number of hydrogen-bond donors (Lipinski definition) is 2. The highest BCUT2D eigenvalue weighted by atomic mass is 16.4. The SMILES string of the molecule is CC(N)c1cc2cccc(O)c2o1. The highest BCUT2D eigenvalue weighted by molar-refractivity contribution is 5.83. The Bertz CT molecular complexity index is 431. The number of rotatable bonds is 1. The van der Waals surface area contributed by atoms with E-state index in [1.54, 1.807) is 12.1 Å². The van der Waals surface area contributed by atoms with Crippen molar-refractivity contribution in [3.05, 3.63) is 30.0 Å². The predicted octanol–water partition coefficient (Wildman–Crippen LogP) is 2.16. The molecule has 0 saturated carbocycles. The first kappa shape index (κ1) is 8.13. The maximum absolute atomic E-state index is 9.43. The Balaban J connectivity index is 2.68. The van der Waals surface area contributed by atoms with Crippen LogP contribution in [0.25, 0.3) is 11.0 Å². The fraction of sp³-hybridized carbons (Fsp3) is 0.200. The summed E-state index contributed by atoms with van der Waals surface area (Å²) in [6.45, 7) is 1.84. The number of aromatic hydroxyl groups is 1. The molecule has 0 aliphatic heterocycles. The Labute approximate surface area is 75.8 Å². The Kier molecular flexibility index (Phi) is 1.74. The van der Waals surface area contributed by atoms with Gasteiger partial charge in [0, 0.05) is 5.39 Å². The molecule has 0 fully saturated rings. The molecular weight excluding hydrogens is 166 g/mol. The van der Waals surface area contributed by atoms with Gasteiger partial charge < -0.3 is 15.3 Å². The second-order valence-corrected chi connectivity index (χ2v) is 3.13. The molecule has 2 aromatic rings. The average molecular weight is 177 g/mol. The largest absolute Gasteiger partial charge is 0.504 e. The molecule has 68 valence electrons. The van der Waals surface area contributed by atoms with E-state index in [-0.39, 0.29) is 11.8 Å². The van der Waals surface area contributed by atoms with Crippen LogP contribution in [-0.4, -0.2) is 5.11 Å². The fourth-order valence-electron chi connectivity index (χ4n) is 1.29. The van der Waals surface area contributed by atoms with Crippen LogP contribution in [0.2, 0.25) is 0 Å². The van der Waals surface area contributed by atoms with Gasteiger partial charge in [0.2, 0.25) is 0 Å². The molecule has 1 heterocycles. The minimum atomic E-state index is -0.146. The van der Waals surface area contributed by atoms with E-state index in [9.17, 15) is 5.11 Å². The van der Waals surface area contributed by atoms with E-state index >= 15 is 0 Å². The van der Waals surface area contributed by atoms with Crippen molar-refractivity contribution in [1.82, 2.24) is 0 Å². The summed E-state index contributed by atoms with van der Waals surface area (Å²) in [5.74, 6) is 0.848. The van der Waals surface area contributed by atoms with Crippen molar-refractivity contribution in [3.8, 4) is 5.75 Å². The highest BCUT2D eigenvalue weighted by Gasteiger charge is 2.09. The average Bonchev–Trinajstić information content (AvgIpc) is 2.49. The first-order chi connectivity index (χ1) is 6.18. The summed E-state index contributed by atoms with van der Waals surface area (Å²) >= 11 is 0. The molecule has 1 unspecified atom stereocenters. The summed E-state index contributed by atoms with van der Waals surface area (Å²) in [6.07, 6.45) is 0. The quantitative estimate of drug-likeness (QED) is 0.701. The Morgan fingerprint density at radius 3 is 2.85 bits per heavy atom. The number of hydrogen-bond acceptors (Lipinski definition) is 3.